The summed E-state index contributed by atoms with van der Waals surface area (Å²) in [5.74, 6) is 1.76. The molecule has 3 heterocycles. The SMILES string of the molecule is Nc1nc(Cl)cc(N2CCN(CC3CCOC3)CC2)n1. The second-order valence-corrected chi connectivity index (χ2v) is 5.81. The molecular formula is C13H20ClN5O. The Morgan fingerprint density at radius 3 is 2.75 bits per heavy atom. The first-order chi connectivity index (χ1) is 9.70. The number of rotatable bonds is 3. The first kappa shape index (κ1) is 13.9. The summed E-state index contributed by atoms with van der Waals surface area (Å²) in [4.78, 5) is 12.9. The number of hydrogen-bond donors (Lipinski definition) is 1. The Hall–Kier alpha value is -1.11. The lowest BCUT2D eigenvalue weighted by Crippen LogP contribution is -2.48. The van der Waals surface area contributed by atoms with E-state index < -0.39 is 0 Å². The minimum Gasteiger partial charge on any atom is -0.381 e. The zero-order valence-corrected chi connectivity index (χ0v) is 12.2. The van der Waals surface area contributed by atoms with E-state index in [2.05, 4.69) is 19.8 Å². The predicted molar refractivity (Wildman–Crippen MR) is 79.0 cm³/mol. The second kappa shape index (κ2) is 6.11. The summed E-state index contributed by atoms with van der Waals surface area (Å²) in [5.41, 5.74) is 5.64. The summed E-state index contributed by atoms with van der Waals surface area (Å²) in [6, 6.07) is 1.78. The molecular weight excluding hydrogens is 278 g/mol. The fraction of sp³-hybridized carbons (Fsp3) is 0.692. The van der Waals surface area contributed by atoms with Crippen LogP contribution >= 0.6 is 11.6 Å². The molecule has 20 heavy (non-hydrogen) atoms. The average Bonchev–Trinajstić information content (AvgIpc) is 2.91. The van der Waals surface area contributed by atoms with E-state index in [-0.39, 0.29) is 5.95 Å². The van der Waals surface area contributed by atoms with Gasteiger partial charge in [-0.05, 0) is 12.3 Å². The normalized spacial score (nSPS) is 24.2. The highest BCUT2D eigenvalue weighted by atomic mass is 35.5. The van der Waals surface area contributed by atoms with Crippen LogP contribution in [0.3, 0.4) is 0 Å². The van der Waals surface area contributed by atoms with Gasteiger partial charge in [-0.2, -0.15) is 4.98 Å². The third-order valence-corrected chi connectivity index (χ3v) is 4.13. The number of halogens is 1. The van der Waals surface area contributed by atoms with E-state index in [1.54, 1.807) is 6.07 Å². The molecule has 2 fully saturated rings. The molecule has 2 aliphatic heterocycles. The number of nitrogens with two attached hydrogens (primary N) is 1. The summed E-state index contributed by atoms with van der Waals surface area (Å²) in [7, 11) is 0. The van der Waals surface area contributed by atoms with Crippen molar-refractivity contribution >= 4 is 23.4 Å². The van der Waals surface area contributed by atoms with Gasteiger partial charge in [0.2, 0.25) is 5.95 Å². The molecule has 6 nitrogen and oxygen atoms in total. The Morgan fingerprint density at radius 2 is 2.10 bits per heavy atom. The molecule has 0 spiro atoms. The summed E-state index contributed by atoms with van der Waals surface area (Å²) in [6.45, 7) is 6.94. The van der Waals surface area contributed by atoms with Gasteiger partial charge >= 0.3 is 0 Å². The maximum Gasteiger partial charge on any atom is 0.223 e. The van der Waals surface area contributed by atoms with Crippen molar-refractivity contribution in [2.45, 2.75) is 6.42 Å². The number of nitrogen functional groups attached to an aromatic ring is 1. The van der Waals surface area contributed by atoms with Crippen molar-refractivity contribution in [1.82, 2.24) is 14.9 Å². The van der Waals surface area contributed by atoms with E-state index in [1.165, 1.54) is 6.42 Å². The topological polar surface area (TPSA) is 67.5 Å². The smallest absolute Gasteiger partial charge is 0.223 e. The van der Waals surface area contributed by atoms with Crippen LogP contribution in [0.25, 0.3) is 0 Å². The number of hydrogen-bond acceptors (Lipinski definition) is 6. The van der Waals surface area contributed by atoms with Gasteiger partial charge in [0.25, 0.3) is 0 Å². The number of anilines is 2. The molecule has 1 aromatic heterocycles. The molecule has 0 radical (unpaired) electrons. The lowest BCUT2D eigenvalue weighted by molar-refractivity contribution is 0.164. The highest BCUT2D eigenvalue weighted by Crippen LogP contribution is 2.20. The lowest BCUT2D eigenvalue weighted by atomic mass is 10.1. The number of ether oxygens (including phenoxy) is 1. The third kappa shape index (κ3) is 3.31. The number of piperazine rings is 1. The first-order valence-corrected chi connectivity index (χ1v) is 7.43. The van der Waals surface area contributed by atoms with E-state index in [0.29, 0.717) is 11.1 Å². The zero-order valence-electron chi connectivity index (χ0n) is 11.5. The third-order valence-electron chi connectivity index (χ3n) is 3.94. The Morgan fingerprint density at radius 1 is 1.30 bits per heavy atom. The summed E-state index contributed by atoms with van der Waals surface area (Å²) in [5, 5.41) is 0.401. The van der Waals surface area contributed by atoms with Gasteiger partial charge in [0, 0.05) is 45.4 Å². The van der Waals surface area contributed by atoms with Gasteiger partial charge in [-0.15, -0.1) is 0 Å². The molecule has 7 heteroatoms. The van der Waals surface area contributed by atoms with Crippen LogP contribution < -0.4 is 10.6 Å². The Labute approximate surface area is 123 Å². The maximum atomic E-state index is 5.93. The molecule has 1 unspecified atom stereocenters. The van der Waals surface area contributed by atoms with Gasteiger partial charge in [0.05, 0.1) is 6.61 Å². The quantitative estimate of drug-likeness (QED) is 0.835. The molecule has 0 aromatic carbocycles. The lowest BCUT2D eigenvalue weighted by Gasteiger charge is -2.36. The minimum absolute atomic E-state index is 0.234. The van der Waals surface area contributed by atoms with Gasteiger partial charge < -0.3 is 15.4 Å². The maximum absolute atomic E-state index is 5.93. The van der Waals surface area contributed by atoms with Crippen molar-refractivity contribution in [3.05, 3.63) is 11.2 Å². The van der Waals surface area contributed by atoms with Gasteiger partial charge in [0.1, 0.15) is 11.0 Å². The summed E-state index contributed by atoms with van der Waals surface area (Å²) in [6.07, 6.45) is 1.19. The summed E-state index contributed by atoms with van der Waals surface area (Å²) >= 11 is 5.93. The number of aromatic nitrogens is 2. The molecule has 1 aromatic rings. The molecule has 2 N–H and O–H groups in total. The Balaban J connectivity index is 1.55. The molecule has 110 valence electrons. The van der Waals surface area contributed by atoms with Crippen LogP contribution in [0, 0.1) is 5.92 Å². The largest absolute Gasteiger partial charge is 0.381 e. The standard InChI is InChI=1S/C13H20ClN5O/c14-11-7-12(17-13(15)16-11)19-4-2-18(3-5-19)8-10-1-6-20-9-10/h7,10H,1-6,8-9H2,(H2,15,16,17). The molecule has 0 amide bonds. The molecule has 0 aliphatic carbocycles. The van der Waals surface area contributed by atoms with Crippen LogP contribution in [0.5, 0.6) is 0 Å². The van der Waals surface area contributed by atoms with Crippen molar-refractivity contribution in [1.29, 1.82) is 0 Å². The molecule has 3 rings (SSSR count). The van der Waals surface area contributed by atoms with Crippen LogP contribution in [0.1, 0.15) is 6.42 Å². The van der Waals surface area contributed by atoms with E-state index in [9.17, 15) is 0 Å². The highest BCUT2D eigenvalue weighted by Gasteiger charge is 2.23. The van der Waals surface area contributed by atoms with E-state index >= 15 is 0 Å². The zero-order chi connectivity index (χ0) is 13.9. The van der Waals surface area contributed by atoms with Crippen molar-refractivity contribution in [2.75, 3.05) is 56.6 Å². The van der Waals surface area contributed by atoms with Crippen LogP contribution in [0.2, 0.25) is 5.15 Å². The van der Waals surface area contributed by atoms with Gasteiger partial charge in [-0.25, -0.2) is 4.98 Å². The van der Waals surface area contributed by atoms with Crippen molar-refractivity contribution in [3.8, 4) is 0 Å². The van der Waals surface area contributed by atoms with Crippen LogP contribution in [-0.4, -0.2) is 60.8 Å². The predicted octanol–water partition coefficient (Wildman–Crippen LogP) is 0.871. The van der Waals surface area contributed by atoms with E-state index in [1.807, 2.05) is 0 Å². The van der Waals surface area contributed by atoms with Crippen LogP contribution in [0.4, 0.5) is 11.8 Å². The number of nitrogens with zero attached hydrogens (tertiary/aromatic N) is 4. The summed E-state index contributed by atoms with van der Waals surface area (Å²) < 4.78 is 5.43. The van der Waals surface area contributed by atoms with Gasteiger partial charge in [0.15, 0.2) is 0 Å². The molecule has 0 bridgehead atoms. The molecule has 1 atom stereocenters. The van der Waals surface area contributed by atoms with Gasteiger partial charge in [-0.1, -0.05) is 11.6 Å². The van der Waals surface area contributed by atoms with Crippen LogP contribution in [0.15, 0.2) is 6.07 Å². The minimum atomic E-state index is 0.234. The van der Waals surface area contributed by atoms with E-state index in [0.717, 1.165) is 51.8 Å². The average molecular weight is 298 g/mol. The Bertz CT molecular complexity index is 438. The monoisotopic (exact) mass is 297 g/mol. The van der Waals surface area contributed by atoms with Crippen LogP contribution in [-0.2, 0) is 4.74 Å². The Kier molecular flexibility index (Phi) is 4.24. The second-order valence-electron chi connectivity index (χ2n) is 5.42. The van der Waals surface area contributed by atoms with Gasteiger partial charge in [-0.3, -0.25) is 4.90 Å². The molecule has 2 saturated heterocycles. The van der Waals surface area contributed by atoms with E-state index in [4.69, 9.17) is 22.1 Å². The molecule has 2 aliphatic rings. The van der Waals surface area contributed by atoms with Crippen molar-refractivity contribution in [3.63, 3.8) is 0 Å². The van der Waals surface area contributed by atoms with Crippen molar-refractivity contribution in [2.24, 2.45) is 5.92 Å². The fourth-order valence-electron chi connectivity index (χ4n) is 2.84. The highest BCUT2D eigenvalue weighted by molar-refractivity contribution is 6.29. The first-order valence-electron chi connectivity index (χ1n) is 7.06. The molecule has 0 saturated carbocycles. The fourth-order valence-corrected chi connectivity index (χ4v) is 3.02. The van der Waals surface area contributed by atoms with Crippen molar-refractivity contribution < 1.29 is 4.74 Å².